The second-order valence-electron chi connectivity index (χ2n) is 4.29. The number of rotatable bonds is 3. The summed E-state index contributed by atoms with van der Waals surface area (Å²) >= 11 is 3.20. The van der Waals surface area contributed by atoms with Gasteiger partial charge in [0, 0.05) is 9.40 Å². The molecule has 0 amide bonds. The van der Waals surface area contributed by atoms with Crippen LogP contribution in [0.2, 0.25) is 0 Å². The van der Waals surface area contributed by atoms with E-state index in [1.165, 1.54) is 20.7 Å². The zero-order valence-corrected chi connectivity index (χ0v) is 12.2. The monoisotopic (exact) mass is 288 g/mol. The van der Waals surface area contributed by atoms with Crippen molar-refractivity contribution in [2.45, 2.75) is 6.92 Å². The van der Waals surface area contributed by atoms with Crippen LogP contribution in [0.25, 0.3) is 9.40 Å². The van der Waals surface area contributed by atoms with Crippen molar-refractivity contribution in [2.24, 2.45) is 0 Å². The van der Waals surface area contributed by atoms with Crippen molar-refractivity contribution in [3.05, 3.63) is 51.7 Å². The Kier molecular flexibility index (Phi) is 3.12. The molecule has 2 nitrogen and oxygen atoms in total. The predicted molar refractivity (Wildman–Crippen MR) is 80.9 cm³/mol. The van der Waals surface area contributed by atoms with Gasteiger partial charge in [-0.2, -0.15) is 0 Å². The summed E-state index contributed by atoms with van der Waals surface area (Å²) in [6.07, 6.45) is 0. The number of hydrogen-bond acceptors (Lipinski definition) is 4. The minimum Gasteiger partial charge on any atom is -0.496 e. The van der Waals surface area contributed by atoms with Crippen molar-refractivity contribution in [3.8, 4) is 5.75 Å². The van der Waals surface area contributed by atoms with Crippen molar-refractivity contribution in [1.29, 1.82) is 0 Å². The van der Waals surface area contributed by atoms with Gasteiger partial charge in [0.1, 0.15) is 5.75 Å². The van der Waals surface area contributed by atoms with Gasteiger partial charge in [-0.3, -0.25) is 4.79 Å². The lowest BCUT2D eigenvalue weighted by atomic mass is 10.1. The van der Waals surface area contributed by atoms with Crippen LogP contribution in [0.15, 0.2) is 35.7 Å². The fraction of sp³-hybridized carbons (Fsp3) is 0.133. The van der Waals surface area contributed by atoms with Crippen molar-refractivity contribution < 1.29 is 9.53 Å². The minimum atomic E-state index is 0.0361. The third-order valence-electron chi connectivity index (χ3n) is 2.96. The number of aryl methyl sites for hydroxylation is 1. The predicted octanol–water partition coefficient (Wildman–Crippen LogP) is 4.51. The maximum atomic E-state index is 12.6. The van der Waals surface area contributed by atoms with E-state index in [0.717, 1.165) is 10.4 Å². The molecule has 0 bridgehead atoms. The zero-order valence-electron chi connectivity index (χ0n) is 10.6. The van der Waals surface area contributed by atoms with Gasteiger partial charge in [-0.25, -0.2) is 0 Å². The molecular formula is C15H12O2S2. The molecule has 0 atom stereocenters. The Balaban J connectivity index is 2.08. The molecule has 0 radical (unpaired) electrons. The van der Waals surface area contributed by atoms with Gasteiger partial charge in [0.25, 0.3) is 0 Å². The van der Waals surface area contributed by atoms with E-state index < -0.39 is 0 Å². The first-order valence-electron chi connectivity index (χ1n) is 5.85. The molecule has 4 heteroatoms. The molecule has 0 unspecified atom stereocenters. The summed E-state index contributed by atoms with van der Waals surface area (Å²) in [5.74, 6) is 0.668. The number of thiophene rings is 2. The van der Waals surface area contributed by atoms with Crippen LogP contribution in [0, 0.1) is 6.92 Å². The third kappa shape index (κ3) is 2.17. The molecule has 3 rings (SSSR count). The maximum absolute atomic E-state index is 12.6. The van der Waals surface area contributed by atoms with Crippen molar-refractivity contribution >= 4 is 37.9 Å². The Morgan fingerprint density at radius 2 is 2.00 bits per heavy atom. The third-order valence-corrected chi connectivity index (χ3v) is 5.05. The molecule has 0 saturated carbocycles. The van der Waals surface area contributed by atoms with Crippen LogP contribution in [0.3, 0.4) is 0 Å². The van der Waals surface area contributed by atoms with E-state index in [4.69, 9.17) is 4.74 Å². The van der Waals surface area contributed by atoms with Crippen LogP contribution in [0.5, 0.6) is 5.75 Å². The highest BCUT2D eigenvalue weighted by molar-refractivity contribution is 7.28. The average Bonchev–Trinajstić information content (AvgIpc) is 2.98. The molecule has 0 saturated heterocycles. The Morgan fingerprint density at radius 1 is 1.16 bits per heavy atom. The topological polar surface area (TPSA) is 26.3 Å². The molecule has 2 heterocycles. The van der Waals surface area contributed by atoms with E-state index in [1.807, 2.05) is 36.6 Å². The largest absolute Gasteiger partial charge is 0.496 e. The Hall–Kier alpha value is -1.65. The van der Waals surface area contributed by atoms with Crippen LogP contribution < -0.4 is 4.74 Å². The van der Waals surface area contributed by atoms with Gasteiger partial charge in [-0.15, -0.1) is 22.7 Å². The Labute approximate surface area is 119 Å². The van der Waals surface area contributed by atoms with Gasteiger partial charge in [-0.1, -0.05) is 11.6 Å². The molecule has 0 aliphatic heterocycles. The highest BCUT2D eigenvalue weighted by Gasteiger charge is 2.17. The highest BCUT2D eigenvalue weighted by atomic mass is 32.1. The molecule has 2 aromatic heterocycles. The van der Waals surface area contributed by atoms with Gasteiger partial charge in [0.05, 0.1) is 17.6 Å². The minimum absolute atomic E-state index is 0.0361. The molecule has 0 aliphatic carbocycles. The molecule has 3 aromatic rings. The lowest BCUT2D eigenvalue weighted by molar-refractivity contribution is 0.103. The van der Waals surface area contributed by atoms with Gasteiger partial charge >= 0.3 is 0 Å². The summed E-state index contributed by atoms with van der Waals surface area (Å²) in [4.78, 5) is 13.4. The number of benzene rings is 1. The SMILES string of the molecule is COc1ccc(C)cc1C(=O)c1cc2sccc2s1. The number of carbonyl (C=O) groups is 1. The first-order chi connectivity index (χ1) is 9.19. The van der Waals surface area contributed by atoms with E-state index in [0.29, 0.717) is 11.3 Å². The molecule has 0 fully saturated rings. The summed E-state index contributed by atoms with van der Waals surface area (Å²) in [5, 5.41) is 2.04. The number of ketones is 1. The fourth-order valence-corrected chi connectivity index (χ4v) is 4.07. The van der Waals surface area contributed by atoms with Crippen LogP contribution in [-0.4, -0.2) is 12.9 Å². The van der Waals surface area contributed by atoms with Gasteiger partial charge in [0.15, 0.2) is 0 Å². The van der Waals surface area contributed by atoms with Gasteiger partial charge in [-0.05, 0) is 36.6 Å². The summed E-state index contributed by atoms with van der Waals surface area (Å²) in [6.45, 7) is 1.98. The summed E-state index contributed by atoms with van der Waals surface area (Å²) in [5.41, 5.74) is 1.69. The number of fused-ring (bicyclic) bond motifs is 1. The molecule has 96 valence electrons. The fourth-order valence-electron chi connectivity index (χ4n) is 2.01. The maximum Gasteiger partial charge on any atom is 0.206 e. The van der Waals surface area contributed by atoms with Crippen molar-refractivity contribution in [2.75, 3.05) is 7.11 Å². The van der Waals surface area contributed by atoms with Crippen LogP contribution >= 0.6 is 22.7 Å². The number of hydrogen-bond donors (Lipinski definition) is 0. The van der Waals surface area contributed by atoms with Crippen molar-refractivity contribution in [3.63, 3.8) is 0 Å². The molecular weight excluding hydrogens is 276 g/mol. The molecule has 0 spiro atoms. The molecule has 19 heavy (non-hydrogen) atoms. The second-order valence-corrected chi connectivity index (χ2v) is 6.32. The average molecular weight is 288 g/mol. The second kappa shape index (κ2) is 4.79. The summed E-state index contributed by atoms with van der Waals surface area (Å²) in [6, 6.07) is 9.69. The lowest BCUT2D eigenvalue weighted by Gasteiger charge is -2.07. The summed E-state index contributed by atoms with van der Waals surface area (Å²) < 4.78 is 7.62. The van der Waals surface area contributed by atoms with Crippen LogP contribution in [0.4, 0.5) is 0 Å². The van der Waals surface area contributed by atoms with Crippen LogP contribution in [-0.2, 0) is 0 Å². The van der Waals surface area contributed by atoms with E-state index >= 15 is 0 Å². The van der Waals surface area contributed by atoms with E-state index in [9.17, 15) is 4.79 Å². The summed E-state index contributed by atoms with van der Waals surface area (Å²) in [7, 11) is 1.59. The quantitative estimate of drug-likeness (QED) is 0.663. The molecule has 0 N–H and O–H groups in total. The first-order valence-corrected chi connectivity index (χ1v) is 7.55. The first kappa shape index (κ1) is 12.4. The Bertz CT molecular complexity index is 724. The van der Waals surface area contributed by atoms with Crippen LogP contribution in [0.1, 0.15) is 20.8 Å². The smallest absolute Gasteiger partial charge is 0.206 e. The normalized spacial score (nSPS) is 10.8. The highest BCUT2D eigenvalue weighted by Crippen LogP contribution is 2.33. The van der Waals surface area contributed by atoms with Gasteiger partial charge < -0.3 is 4.74 Å². The molecule has 0 aliphatic rings. The lowest BCUT2D eigenvalue weighted by Crippen LogP contribution is -2.02. The van der Waals surface area contributed by atoms with E-state index in [2.05, 4.69) is 6.07 Å². The van der Waals surface area contributed by atoms with Gasteiger partial charge in [0.2, 0.25) is 5.78 Å². The zero-order chi connectivity index (χ0) is 13.4. The number of carbonyl (C=O) groups excluding carboxylic acids is 1. The number of methoxy groups -OCH3 is 1. The molecule has 1 aromatic carbocycles. The van der Waals surface area contributed by atoms with E-state index in [1.54, 1.807) is 18.4 Å². The Morgan fingerprint density at radius 3 is 2.74 bits per heavy atom. The standard InChI is InChI=1S/C15H12O2S2/c1-9-3-4-11(17-2)10(7-9)15(16)14-8-13-12(19-14)5-6-18-13/h3-8H,1-2H3. The van der Waals surface area contributed by atoms with E-state index in [-0.39, 0.29) is 5.78 Å². The van der Waals surface area contributed by atoms with Crippen molar-refractivity contribution in [1.82, 2.24) is 0 Å². The number of ether oxygens (including phenoxy) is 1.